The second-order valence-corrected chi connectivity index (χ2v) is 5.53. The Kier molecular flexibility index (Phi) is 6.46. The van der Waals surface area contributed by atoms with Crippen LogP contribution >= 0.6 is 23.4 Å². The standard InChI is InChI=1S/C12H16ClFN2OS/c1-8(15)4-5-18-7-12(17)16-11-3-2-9(13)6-10(11)14/h2-3,6,8H,4-5,7,15H2,1H3,(H,16,17). The van der Waals surface area contributed by atoms with Gasteiger partial charge in [-0.1, -0.05) is 11.6 Å². The van der Waals surface area contributed by atoms with E-state index in [0.29, 0.717) is 5.02 Å². The summed E-state index contributed by atoms with van der Waals surface area (Å²) in [6.07, 6.45) is 0.854. The van der Waals surface area contributed by atoms with Gasteiger partial charge in [0, 0.05) is 11.1 Å². The number of halogens is 2. The molecule has 0 spiro atoms. The number of rotatable bonds is 6. The molecule has 0 radical (unpaired) electrons. The number of hydrogen-bond acceptors (Lipinski definition) is 3. The number of anilines is 1. The lowest BCUT2D eigenvalue weighted by atomic mass is 10.3. The summed E-state index contributed by atoms with van der Waals surface area (Å²) in [6, 6.07) is 4.28. The van der Waals surface area contributed by atoms with E-state index in [2.05, 4.69) is 5.32 Å². The number of nitrogens with one attached hydrogen (secondary N) is 1. The van der Waals surface area contributed by atoms with Crippen LogP contribution in [0.2, 0.25) is 5.02 Å². The van der Waals surface area contributed by atoms with Crippen LogP contribution in [0.15, 0.2) is 18.2 Å². The van der Waals surface area contributed by atoms with Gasteiger partial charge in [-0.3, -0.25) is 4.79 Å². The van der Waals surface area contributed by atoms with Crippen LogP contribution in [-0.2, 0) is 4.79 Å². The minimum atomic E-state index is -0.531. The first-order chi connectivity index (χ1) is 8.49. The topological polar surface area (TPSA) is 55.1 Å². The molecule has 1 rings (SSSR count). The molecule has 0 saturated heterocycles. The second-order valence-electron chi connectivity index (χ2n) is 3.99. The van der Waals surface area contributed by atoms with Crippen molar-refractivity contribution < 1.29 is 9.18 Å². The van der Waals surface area contributed by atoms with Crippen molar-refractivity contribution in [1.82, 2.24) is 0 Å². The van der Waals surface area contributed by atoms with Crippen molar-refractivity contribution in [3.8, 4) is 0 Å². The zero-order chi connectivity index (χ0) is 13.5. The fourth-order valence-electron chi connectivity index (χ4n) is 1.21. The average Bonchev–Trinajstić information content (AvgIpc) is 2.28. The number of carbonyl (C=O) groups is 1. The molecule has 1 aromatic carbocycles. The number of thioether (sulfide) groups is 1. The van der Waals surface area contributed by atoms with Crippen LogP contribution in [0.5, 0.6) is 0 Å². The van der Waals surface area contributed by atoms with Crippen LogP contribution in [0.1, 0.15) is 13.3 Å². The highest BCUT2D eigenvalue weighted by atomic mass is 35.5. The molecule has 0 aliphatic heterocycles. The van der Waals surface area contributed by atoms with E-state index in [1.54, 1.807) is 0 Å². The lowest BCUT2D eigenvalue weighted by Crippen LogP contribution is -2.18. The van der Waals surface area contributed by atoms with Gasteiger partial charge in [0.1, 0.15) is 5.82 Å². The molecule has 100 valence electrons. The van der Waals surface area contributed by atoms with Crippen molar-refractivity contribution in [3.05, 3.63) is 29.0 Å². The van der Waals surface area contributed by atoms with Crippen molar-refractivity contribution >= 4 is 35.0 Å². The fraction of sp³-hybridized carbons (Fsp3) is 0.417. The summed E-state index contributed by atoms with van der Waals surface area (Å²) in [7, 11) is 0. The minimum absolute atomic E-state index is 0.134. The van der Waals surface area contributed by atoms with Crippen LogP contribution < -0.4 is 11.1 Å². The van der Waals surface area contributed by atoms with Crippen LogP contribution in [0, 0.1) is 5.82 Å². The third-order valence-electron chi connectivity index (χ3n) is 2.16. The highest BCUT2D eigenvalue weighted by Crippen LogP contribution is 2.19. The first-order valence-electron chi connectivity index (χ1n) is 5.57. The molecule has 3 N–H and O–H groups in total. The normalized spacial score (nSPS) is 12.2. The smallest absolute Gasteiger partial charge is 0.234 e. The molecular formula is C12H16ClFN2OS. The molecule has 0 saturated carbocycles. The molecule has 1 aromatic rings. The third-order valence-corrected chi connectivity index (χ3v) is 3.38. The summed E-state index contributed by atoms with van der Waals surface area (Å²) in [4.78, 5) is 11.5. The minimum Gasteiger partial charge on any atom is -0.328 e. The number of nitrogens with two attached hydrogens (primary N) is 1. The fourth-order valence-corrected chi connectivity index (χ4v) is 2.31. The predicted molar refractivity (Wildman–Crippen MR) is 75.6 cm³/mol. The number of hydrogen-bond donors (Lipinski definition) is 2. The maximum absolute atomic E-state index is 13.4. The maximum Gasteiger partial charge on any atom is 0.234 e. The van der Waals surface area contributed by atoms with Crippen molar-refractivity contribution in [2.45, 2.75) is 19.4 Å². The first-order valence-corrected chi connectivity index (χ1v) is 7.10. The Bertz CT molecular complexity index is 415. The highest BCUT2D eigenvalue weighted by molar-refractivity contribution is 7.99. The van der Waals surface area contributed by atoms with Crippen LogP contribution in [0.25, 0.3) is 0 Å². The van der Waals surface area contributed by atoms with E-state index in [1.807, 2.05) is 6.92 Å². The summed E-state index contributed by atoms with van der Waals surface area (Å²) in [6.45, 7) is 1.92. The van der Waals surface area contributed by atoms with E-state index >= 15 is 0 Å². The lowest BCUT2D eigenvalue weighted by molar-refractivity contribution is -0.113. The Balaban J connectivity index is 2.35. The summed E-state index contributed by atoms with van der Waals surface area (Å²) in [5, 5.41) is 2.80. The molecule has 0 fully saturated rings. The van der Waals surface area contributed by atoms with Gasteiger partial charge in [0.05, 0.1) is 11.4 Å². The molecule has 1 atom stereocenters. The van der Waals surface area contributed by atoms with Crippen molar-refractivity contribution in [2.24, 2.45) is 5.73 Å². The van der Waals surface area contributed by atoms with Crippen molar-refractivity contribution in [2.75, 3.05) is 16.8 Å². The van der Waals surface area contributed by atoms with E-state index in [9.17, 15) is 9.18 Å². The molecule has 0 bridgehead atoms. The Labute approximate surface area is 115 Å². The second kappa shape index (κ2) is 7.61. The molecule has 18 heavy (non-hydrogen) atoms. The Morgan fingerprint density at radius 1 is 1.61 bits per heavy atom. The first kappa shape index (κ1) is 15.3. The maximum atomic E-state index is 13.4. The Morgan fingerprint density at radius 3 is 2.94 bits per heavy atom. The number of benzene rings is 1. The zero-order valence-electron chi connectivity index (χ0n) is 10.1. The molecule has 0 heterocycles. The summed E-state index contributed by atoms with van der Waals surface area (Å²) < 4.78 is 13.4. The summed E-state index contributed by atoms with van der Waals surface area (Å²) in [5.74, 6) is 0.338. The van der Waals surface area contributed by atoms with E-state index in [-0.39, 0.29) is 23.4 Å². The van der Waals surface area contributed by atoms with E-state index < -0.39 is 5.82 Å². The molecule has 0 aromatic heterocycles. The molecule has 0 aliphatic rings. The van der Waals surface area contributed by atoms with E-state index in [0.717, 1.165) is 12.2 Å². The summed E-state index contributed by atoms with van der Waals surface area (Å²) in [5.41, 5.74) is 5.74. The van der Waals surface area contributed by atoms with Crippen LogP contribution in [0.4, 0.5) is 10.1 Å². The monoisotopic (exact) mass is 290 g/mol. The van der Waals surface area contributed by atoms with Gasteiger partial charge >= 0.3 is 0 Å². The molecular weight excluding hydrogens is 275 g/mol. The average molecular weight is 291 g/mol. The van der Waals surface area contributed by atoms with Crippen molar-refractivity contribution in [3.63, 3.8) is 0 Å². The largest absolute Gasteiger partial charge is 0.328 e. The van der Waals surface area contributed by atoms with E-state index in [4.69, 9.17) is 17.3 Å². The van der Waals surface area contributed by atoms with Gasteiger partial charge in [-0.05, 0) is 37.3 Å². The quantitative estimate of drug-likeness (QED) is 0.792. The molecule has 3 nitrogen and oxygen atoms in total. The molecule has 6 heteroatoms. The van der Waals surface area contributed by atoms with Crippen LogP contribution in [-0.4, -0.2) is 23.5 Å². The van der Waals surface area contributed by atoms with Gasteiger partial charge in [0.2, 0.25) is 5.91 Å². The SMILES string of the molecule is CC(N)CCSCC(=O)Nc1ccc(Cl)cc1F. The Morgan fingerprint density at radius 2 is 2.33 bits per heavy atom. The Hall–Kier alpha value is -0.780. The highest BCUT2D eigenvalue weighted by Gasteiger charge is 2.07. The van der Waals surface area contributed by atoms with Crippen molar-refractivity contribution in [1.29, 1.82) is 0 Å². The van der Waals surface area contributed by atoms with Crippen LogP contribution in [0.3, 0.4) is 0 Å². The number of carbonyl (C=O) groups excluding carboxylic acids is 1. The third kappa shape index (κ3) is 5.71. The van der Waals surface area contributed by atoms with Gasteiger partial charge in [-0.15, -0.1) is 0 Å². The van der Waals surface area contributed by atoms with Gasteiger partial charge in [-0.25, -0.2) is 4.39 Å². The summed E-state index contributed by atoms with van der Waals surface area (Å²) >= 11 is 7.09. The predicted octanol–water partition coefficient (Wildman–Crippen LogP) is 2.89. The van der Waals surface area contributed by atoms with Gasteiger partial charge < -0.3 is 11.1 Å². The lowest BCUT2D eigenvalue weighted by Gasteiger charge is -2.07. The number of amides is 1. The molecule has 1 amide bonds. The molecule has 1 unspecified atom stereocenters. The van der Waals surface area contributed by atoms with Gasteiger partial charge in [0.15, 0.2) is 0 Å². The zero-order valence-corrected chi connectivity index (χ0v) is 11.7. The van der Waals surface area contributed by atoms with Gasteiger partial charge in [0.25, 0.3) is 0 Å². The van der Waals surface area contributed by atoms with E-state index in [1.165, 1.54) is 30.0 Å². The molecule has 0 aliphatic carbocycles. The van der Waals surface area contributed by atoms with Gasteiger partial charge in [-0.2, -0.15) is 11.8 Å².